The predicted molar refractivity (Wildman–Crippen MR) is 174 cm³/mol. The molecule has 7 atom stereocenters. The van der Waals surface area contributed by atoms with Crippen molar-refractivity contribution >= 4 is 34.7 Å². The molecule has 1 N–H and O–H groups in total. The number of benzene rings is 1. The number of aromatic nitrogens is 2. The lowest BCUT2D eigenvalue weighted by Gasteiger charge is -2.60. The highest BCUT2D eigenvalue weighted by Gasteiger charge is 2.70. The van der Waals surface area contributed by atoms with Crippen molar-refractivity contribution in [1.82, 2.24) is 9.78 Å². The third-order valence-corrected chi connectivity index (χ3v) is 12.5. The van der Waals surface area contributed by atoms with Gasteiger partial charge in [0, 0.05) is 37.5 Å². The molecule has 2 aromatic rings. The number of esters is 1. The summed E-state index contributed by atoms with van der Waals surface area (Å²) < 4.78 is 26.5. The van der Waals surface area contributed by atoms with Crippen molar-refractivity contribution in [3.05, 3.63) is 52.9 Å². The number of ether oxygens (including phenoxy) is 2. The monoisotopic (exact) mass is 652 g/mol. The fourth-order valence-electron chi connectivity index (χ4n) is 9.69. The van der Waals surface area contributed by atoms with Crippen LogP contribution >= 0.6 is 11.8 Å². The summed E-state index contributed by atoms with van der Waals surface area (Å²) in [6, 6.07) is 6.72. The van der Waals surface area contributed by atoms with Crippen LogP contribution in [0.15, 0.2) is 36.0 Å². The van der Waals surface area contributed by atoms with Crippen LogP contribution < -0.4 is 0 Å². The van der Waals surface area contributed by atoms with Crippen molar-refractivity contribution in [3.8, 4) is 5.69 Å². The lowest BCUT2D eigenvalue weighted by molar-refractivity contribution is -0.196. The van der Waals surface area contributed by atoms with Crippen LogP contribution in [0.2, 0.25) is 0 Å². The second-order valence-electron chi connectivity index (χ2n) is 14.1. The van der Waals surface area contributed by atoms with E-state index in [1.807, 2.05) is 42.1 Å². The molecule has 0 radical (unpaired) electrons. The number of allylic oxidation sites excluding steroid dienone is 1. The summed E-state index contributed by atoms with van der Waals surface area (Å²) in [7, 11) is 1.63. The highest BCUT2D eigenvalue weighted by atomic mass is 32.2. The van der Waals surface area contributed by atoms with Crippen LogP contribution in [-0.4, -0.2) is 63.2 Å². The van der Waals surface area contributed by atoms with Gasteiger partial charge in [0.15, 0.2) is 11.4 Å². The molecule has 0 unspecified atom stereocenters. The van der Waals surface area contributed by atoms with Crippen molar-refractivity contribution in [2.45, 2.75) is 90.3 Å². The molecule has 46 heavy (non-hydrogen) atoms. The fourth-order valence-corrected chi connectivity index (χ4v) is 10.4. The molecule has 1 aromatic heterocycles. The number of alkyl halides is 1. The van der Waals surface area contributed by atoms with Gasteiger partial charge in [-0.3, -0.25) is 14.4 Å². The number of nitrogens with zero attached hydrogens (tertiary/aromatic N) is 2. The number of halogens is 1. The highest BCUT2D eigenvalue weighted by molar-refractivity contribution is 8.13. The highest BCUT2D eigenvalue weighted by Crippen LogP contribution is 2.69. The van der Waals surface area contributed by atoms with Crippen molar-refractivity contribution < 1.29 is 33.4 Å². The van der Waals surface area contributed by atoms with Gasteiger partial charge in [-0.1, -0.05) is 38.5 Å². The SMILES string of the molecule is CCC(=O)O[C@]1(C(=O)SCF)CC[C@H]2[C@@H]3CCC4=Cc5c(cnn5-c5cccc(C(=O)CCCOC)c5)C[C@]4(C)[C@H]3[C@@H](O)C[C@@]21C. The van der Waals surface area contributed by atoms with Crippen molar-refractivity contribution in [3.63, 3.8) is 0 Å². The first kappa shape index (κ1) is 33.1. The predicted octanol–water partition coefficient (Wildman–Crippen LogP) is 6.51. The van der Waals surface area contributed by atoms with Crippen LogP contribution in [0, 0.1) is 28.6 Å². The summed E-state index contributed by atoms with van der Waals surface area (Å²) in [5.41, 5.74) is 2.33. The van der Waals surface area contributed by atoms with Crippen LogP contribution in [0.4, 0.5) is 4.39 Å². The third-order valence-electron chi connectivity index (χ3n) is 11.8. The standard InChI is InChI=1S/C36H45FN2O6S/c1-5-31(42)45-36(33(43)46-21-37)14-13-27-26-12-11-24-17-28-23(18-34(24,2)32(26)30(41)19-35(27,36)3)20-38-39(28)25-9-6-8-22(16-25)29(40)10-7-15-44-4/h6,8-9,16-17,20,26-27,30,32,41H,5,7,10-15,18-19,21H2,1-4H3/t26-,27-,30-,32+,34-,35-,36-/m0/s1. The molecule has 0 bridgehead atoms. The van der Waals surface area contributed by atoms with E-state index in [1.54, 1.807) is 14.0 Å². The number of hydrogen-bond acceptors (Lipinski definition) is 8. The molecule has 6 rings (SSSR count). The summed E-state index contributed by atoms with van der Waals surface area (Å²) in [5, 5.41) is 16.4. The molecule has 0 aliphatic heterocycles. The number of Topliss-reactive ketones (excluding diaryl/α,β-unsaturated/α-hetero) is 1. The summed E-state index contributed by atoms with van der Waals surface area (Å²) >= 11 is 0.575. The minimum Gasteiger partial charge on any atom is -0.449 e. The maximum Gasteiger partial charge on any atom is 0.306 e. The number of aliphatic hydroxyl groups excluding tert-OH is 1. The van der Waals surface area contributed by atoms with Crippen molar-refractivity contribution in [2.24, 2.45) is 28.6 Å². The number of aliphatic hydroxyl groups is 1. The first-order chi connectivity index (χ1) is 22.0. The zero-order valence-corrected chi connectivity index (χ0v) is 28.0. The Kier molecular flexibility index (Phi) is 9.10. The van der Waals surface area contributed by atoms with Gasteiger partial charge in [0.1, 0.15) is 6.01 Å². The smallest absolute Gasteiger partial charge is 0.306 e. The number of carbonyl (C=O) groups excluding carboxylic acids is 3. The summed E-state index contributed by atoms with van der Waals surface area (Å²) in [5.74, 6) is -0.255. The quantitative estimate of drug-likeness (QED) is 0.176. The van der Waals surface area contributed by atoms with Crippen LogP contribution in [0.5, 0.6) is 0 Å². The van der Waals surface area contributed by atoms with Gasteiger partial charge < -0.3 is 14.6 Å². The third kappa shape index (κ3) is 5.19. The Bertz CT molecular complexity index is 1560. The first-order valence-corrected chi connectivity index (χ1v) is 17.5. The van der Waals surface area contributed by atoms with E-state index in [1.165, 1.54) is 5.57 Å². The Balaban J connectivity index is 1.30. The molecular formula is C36H45FN2O6S. The van der Waals surface area contributed by atoms with Gasteiger partial charge in [-0.05, 0) is 104 Å². The largest absolute Gasteiger partial charge is 0.449 e. The summed E-state index contributed by atoms with van der Waals surface area (Å²) in [6.07, 6.45) is 8.41. The molecule has 1 heterocycles. The van der Waals surface area contributed by atoms with Crippen LogP contribution in [0.25, 0.3) is 11.8 Å². The van der Waals surface area contributed by atoms with E-state index in [9.17, 15) is 23.9 Å². The molecule has 8 nitrogen and oxygen atoms in total. The number of rotatable bonds is 10. The fraction of sp³-hybridized carbons (Fsp3) is 0.611. The summed E-state index contributed by atoms with van der Waals surface area (Å²) in [4.78, 5) is 39.0. The second-order valence-corrected chi connectivity index (χ2v) is 14.9. The van der Waals surface area contributed by atoms with Crippen LogP contribution in [-0.2, 0) is 25.5 Å². The van der Waals surface area contributed by atoms with Gasteiger partial charge in [-0.15, -0.1) is 0 Å². The topological polar surface area (TPSA) is 108 Å². The van der Waals surface area contributed by atoms with Gasteiger partial charge >= 0.3 is 5.97 Å². The number of carbonyl (C=O) groups is 3. The second kappa shape index (κ2) is 12.7. The minimum atomic E-state index is -1.44. The van der Waals surface area contributed by atoms with E-state index in [-0.39, 0.29) is 35.4 Å². The Morgan fingerprint density at radius 1 is 1.22 bits per heavy atom. The number of hydrogen-bond donors (Lipinski definition) is 1. The number of fused-ring (bicyclic) bond motifs is 6. The molecule has 0 spiro atoms. The average Bonchev–Trinajstić information content (AvgIpc) is 3.57. The van der Waals surface area contributed by atoms with E-state index < -0.39 is 34.2 Å². The van der Waals surface area contributed by atoms with Gasteiger partial charge in [-0.25, -0.2) is 9.07 Å². The van der Waals surface area contributed by atoms with E-state index in [0.717, 1.165) is 36.2 Å². The van der Waals surface area contributed by atoms with Crippen LogP contribution in [0.1, 0.15) is 93.8 Å². The molecule has 3 saturated carbocycles. The van der Waals surface area contributed by atoms with E-state index in [2.05, 4.69) is 13.0 Å². The molecular weight excluding hydrogens is 607 g/mol. The molecule has 0 amide bonds. The molecule has 0 saturated heterocycles. The number of methoxy groups -OCH3 is 1. The molecule has 4 aliphatic rings. The van der Waals surface area contributed by atoms with Gasteiger partial charge in [0.05, 0.1) is 23.7 Å². The molecule has 3 fully saturated rings. The molecule has 10 heteroatoms. The Morgan fingerprint density at radius 3 is 2.76 bits per heavy atom. The van der Waals surface area contributed by atoms with E-state index in [4.69, 9.17) is 14.6 Å². The summed E-state index contributed by atoms with van der Waals surface area (Å²) in [6.45, 7) is 6.48. The van der Waals surface area contributed by atoms with Gasteiger partial charge in [0.25, 0.3) is 0 Å². The average molecular weight is 653 g/mol. The first-order valence-electron chi connectivity index (χ1n) is 16.6. The normalized spacial score (nSPS) is 32.9. The molecule has 4 aliphatic carbocycles. The zero-order chi connectivity index (χ0) is 32.9. The lowest BCUT2D eigenvalue weighted by atomic mass is 9.45. The van der Waals surface area contributed by atoms with E-state index in [0.29, 0.717) is 56.0 Å². The minimum absolute atomic E-state index is 0.0447. The number of ketones is 1. The Labute approximate surface area is 274 Å². The molecule has 248 valence electrons. The Morgan fingerprint density at radius 2 is 2.02 bits per heavy atom. The maximum atomic E-state index is 13.5. The van der Waals surface area contributed by atoms with Crippen molar-refractivity contribution in [1.29, 1.82) is 0 Å². The van der Waals surface area contributed by atoms with E-state index >= 15 is 0 Å². The zero-order valence-electron chi connectivity index (χ0n) is 27.2. The van der Waals surface area contributed by atoms with Crippen molar-refractivity contribution in [2.75, 3.05) is 19.7 Å². The number of thioether (sulfide) groups is 1. The van der Waals surface area contributed by atoms with Gasteiger partial charge in [-0.2, -0.15) is 5.10 Å². The van der Waals surface area contributed by atoms with Crippen LogP contribution in [0.3, 0.4) is 0 Å². The maximum absolute atomic E-state index is 13.5. The molecule has 1 aromatic carbocycles. The lowest BCUT2D eigenvalue weighted by Crippen LogP contribution is -2.62. The van der Waals surface area contributed by atoms with Gasteiger partial charge in [0.2, 0.25) is 5.12 Å². The Hall–Kier alpha value is -2.82.